The van der Waals surface area contributed by atoms with Gasteiger partial charge in [-0.15, -0.1) is 11.3 Å². The van der Waals surface area contributed by atoms with Crippen molar-refractivity contribution in [3.63, 3.8) is 0 Å². The second kappa shape index (κ2) is 7.95. The van der Waals surface area contributed by atoms with Crippen molar-refractivity contribution in [3.8, 4) is 0 Å². The molecule has 2 aromatic rings. The third-order valence-electron chi connectivity index (χ3n) is 4.50. The molecule has 0 aliphatic heterocycles. The number of fused-ring (bicyclic) bond motifs is 1. The Balaban J connectivity index is 1.55. The highest BCUT2D eigenvalue weighted by Gasteiger charge is 2.23. The molecule has 0 fully saturated rings. The van der Waals surface area contributed by atoms with Crippen molar-refractivity contribution < 1.29 is 23.1 Å². The van der Waals surface area contributed by atoms with E-state index in [4.69, 9.17) is 4.74 Å². The molecule has 26 heavy (non-hydrogen) atoms. The molecule has 0 radical (unpaired) electrons. The largest absolute Gasteiger partial charge is 0.451 e. The van der Waals surface area contributed by atoms with Gasteiger partial charge in [0, 0.05) is 10.9 Å². The average Bonchev–Trinajstić information content (AvgIpc) is 3.05. The van der Waals surface area contributed by atoms with E-state index >= 15 is 0 Å². The van der Waals surface area contributed by atoms with Gasteiger partial charge in [0.25, 0.3) is 5.91 Å². The second-order valence-electron chi connectivity index (χ2n) is 6.32. The Bertz CT molecular complexity index is 834. The van der Waals surface area contributed by atoms with Gasteiger partial charge < -0.3 is 10.1 Å². The number of amides is 1. The molecule has 138 valence electrons. The lowest BCUT2D eigenvalue weighted by Crippen LogP contribution is -2.21. The Labute approximate surface area is 154 Å². The molecular formula is C19H19F2NO3S. The summed E-state index contributed by atoms with van der Waals surface area (Å²) in [5, 5.41) is 2.25. The normalized spacial score (nSPS) is 16.0. The number of aryl methyl sites for hydroxylation is 1. The van der Waals surface area contributed by atoms with Crippen LogP contribution in [0.15, 0.2) is 24.3 Å². The maximum Gasteiger partial charge on any atom is 0.348 e. The first-order valence-corrected chi connectivity index (χ1v) is 9.31. The molecule has 1 aliphatic carbocycles. The van der Waals surface area contributed by atoms with Crippen molar-refractivity contribution in [1.82, 2.24) is 0 Å². The lowest BCUT2D eigenvalue weighted by Gasteiger charge is -2.19. The number of hydrogen-bond acceptors (Lipinski definition) is 4. The Hall–Kier alpha value is -2.28. The zero-order chi connectivity index (χ0) is 18.7. The minimum atomic E-state index is -0.888. The fraction of sp³-hybridized carbons (Fsp3) is 0.368. The summed E-state index contributed by atoms with van der Waals surface area (Å²) in [6.45, 7) is 1.63. The first kappa shape index (κ1) is 18.5. The van der Waals surface area contributed by atoms with Crippen LogP contribution in [0.25, 0.3) is 0 Å². The van der Waals surface area contributed by atoms with E-state index in [9.17, 15) is 18.4 Å². The number of halogens is 2. The van der Waals surface area contributed by atoms with Crippen LogP contribution in [0.4, 0.5) is 14.5 Å². The molecule has 1 aromatic carbocycles. The maximum atomic E-state index is 13.5. The first-order valence-electron chi connectivity index (χ1n) is 8.50. The van der Waals surface area contributed by atoms with Gasteiger partial charge in [0.05, 0.1) is 5.69 Å². The molecule has 1 aromatic heterocycles. The molecule has 0 saturated carbocycles. The predicted octanol–water partition coefficient (Wildman–Crippen LogP) is 4.34. The van der Waals surface area contributed by atoms with Crippen molar-refractivity contribution in [2.24, 2.45) is 5.92 Å². The van der Waals surface area contributed by atoms with Crippen molar-refractivity contribution >= 4 is 28.9 Å². The monoisotopic (exact) mass is 379 g/mol. The molecule has 1 aliphatic rings. The summed E-state index contributed by atoms with van der Waals surface area (Å²) in [5.74, 6) is -2.22. The quantitative estimate of drug-likeness (QED) is 0.787. The highest BCUT2D eigenvalue weighted by Crippen LogP contribution is 2.33. The van der Waals surface area contributed by atoms with Crippen LogP contribution >= 0.6 is 11.3 Å². The molecule has 3 rings (SSSR count). The van der Waals surface area contributed by atoms with Crippen LogP contribution in [0.1, 0.15) is 39.9 Å². The van der Waals surface area contributed by atoms with Crippen molar-refractivity contribution in [1.29, 1.82) is 0 Å². The van der Waals surface area contributed by atoms with Crippen LogP contribution in [0.2, 0.25) is 0 Å². The molecule has 1 N–H and O–H groups in total. The predicted molar refractivity (Wildman–Crippen MR) is 95.4 cm³/mol. The van der Waals surface area contributed by atoms with Crippen LogP contribution in [-0.2, 0) is 22.4 Å². The lowest BCUT2D eigenvalue weighted by molar-refractivity contribution is -0.119. The minimum Gasteiger partial charge on any atom is -0.451 e. The fourth-order valence-corrected chi connectivity index (χ4v) is 4.13. The van der Waals surface area contributed by atoms with E-state index in [0.29, 0.717) is 16.9 Å². The molecule has 0 saturated heterocycles. The molecule has 1 amide bonds. The standard InChI is InChI=1S/C19H19F2NO3S/c1-2-11-3-6-16-12(7-11)8-17(26-16)19(24)25-10-18(23)22-15-5-4-13(20)9-14(15)21/h4-5,8-9,11H,2-3,6-7,10H2,1H3,(H,22,23)/t11-/m0/s1. The third kappa shape index (κ3) is 4.27. The van der Waals surface area contributed by atoms with Crippen LogP contribution in [0, 0.1) is 17.6 Å². The Morgan fingerprint density at radius 3 is 2.85 bits per heavy atom. The van der Waals surface area contributed by atoms with Crippen molar-refractivity contribution in [2.45, 2.75) is 32.6 Å². The summed E-state index contributed by atoms with van der Waals surface area (Å²) < 4.78 is 31.4. The van der Waals surface area contributed by atoms with E-state index in [-0.39, 0.29) is 5.69 Å². The maximum absolute atomic E-state index is 13.5. The summed E-state index contributed by atoms with van der Waals surface area (Å²) in [6, 6.07) is 4.66. The zero-order valence-corrected chi connectivity index (χ0v) is 15.1. The summed E-state index contributed by atoms with van der Waals surface area (Å²) in [4.78, 5) is 25.7. The lowest BCUT2D eigenvalue weighted by atomic mass is 9.87. The highest BCUT2D eigenvalue weighted by atomic mass is 32.1. The van der Waals surface area contributed by atoms with Gasteiger partial charge in [-0.25, -0.2) is 13.6 Å². The van der Waals surface area contributed by atoms with Crippen LogP contribution < -0.4 is 5.32 Å². The number of esters is 1. The van der Waals surface area contributed by atoms with Crippen LogP contribution in [0.3, 0.4) is 0 Å². The second-order valence-corrected chi connectivity index (χ2v) is 7.46. The van der Waals surface area contributed by atoms with E-state index in [0.717, 1.165) is 37.8 Å². The number of hydrogen-bond donors (Lipinski definition) is 1. The Morgan fingerprint density at radius 2 is 2.12 bits per heavy atom. The van der Waals surface area contributed by atoms with Crippen LogP contribution in [-0.4, -0.2) is 18.5 Å². The van der Waals surface area contributed by atoms with Gasteiger partial charge >= 0.3 is 5.97 Å². The highest BCUT2D eigenvalue weighted by molar-refractivity contribution is 7.14. The smallest absolute Gasteiger partial charge is 0.348 e. The molecule has 7 heteroatoms. The van der Waals surface area contributed by atoms with Gasteiger partial charge in [-0.3, -0.25) is 4.79 Å². The number of rotatable bonds is 5. The molecule has 0 bridgehead atoms. The van der Waals surface area contributed by atoms with Gasteiger partial charge in [0.1, 0.15) is 16.5 Å². The number of thiophene rings is 1. The number of ether oxygens (including phenoxy) is 1. The minimum absolute atomic E-state index is 0.162. The SMILES string of the molecule is CC[C@H]1CCc2sc(C(=O)OCC(=O)Nc3ccc(F)cc3F)cc2C1. The van der Waals surface area contributed by atoms with Crippen molar-refractivity contribution in [3.05, 3.63) is 51.2 Å². The Kier molecular flexibility index (Phi) is 5.66. The van der Waals surface area contributed by atoms with E-state index in [1.165, 1.54) is 21.8 Å². The van der Waals surface area contributed by atoms with Gasteiger partial charge in [-0.2, -0.15) is 0 Å². The molecule has 0 spiro atoms. The van der Waals surface area contributed by atoms with E-state index in [1.807, 2.05) is 6.07 Å². The van der Waals surface area contributed by atoms with Crippen LogP contribution in [0.5, 0.6) is 0 Å². The van der Waals surface area contributed by atoms with E-state index in [2.05, 4.69) is 12.2 Å². The topological polar surface area (TPSA) is 55.4 Å². The number of nitrogens with one attached hydrogen (secondary N) is 1. The van der Waals surface area contributed by atoms with Crippen molar-refractivity contribution in [2.75, 3.05) is 11.9 Å². The first-order chi connectivity index (χ1) is 12.5. The van der Waals surface area contributed by atoms with E-state index < -0.39 is 30.1 Å². The number of carbonyl (C=O) groups is 2. The summed E-state index contributed by atoms with van der Waals surface area (Å²) in [7, 11) is 0. The molecule has 1 heterocycles. The fourth-order valence-electron chi connectivity index (χ4n) is 3.03. The van der Waals surface area contributed by atoms with E-state index in [1.54, 1.807) is 0 Å². The Morgan fingerprint density at radius 1 is 1.31 bits per heavy atom. The van der Waals surface area contributed by atoms with Gasteiger partial charge in [0.15, 0.2) is 6.61 Å². The summed E-state index contributed by atoms with van der Waals surface area (Å²) >= 11 is 1.41. The summed E-state index contributed by atoms with van der Waals surface area (Å²) in [6.07, 6.45) is 4.19. The molecule has 1 atom stereocenters. The van der Waals surface area contributed by atoms with Gasteiger partial charge in [0.2, 0.25) is 0 Å². The average molecular weight is 379 g/mol. The number of benzene rings is 1. The summed E-state index contributed by atoms with van der Waals surface area (Å²) in [5.41, 5.74) is 1.03. The molecular weight excluding hydrogens is 360 g/mol. The molecule has 0 unspecified atom stereocenters. The number of anilines is 1. The number of carbonyl (C=O) groups excluding carboxylic acids is 2. The zero-order valence-electron chi connectivity index (χ0n) is 14.3. The molecule has 4 nitrogen and oxygen atoms in total. The van der Waals surface area contributed by atoms with Gasteiger partial charge in [-0.05, 0) is 48.9 Å². The third-order valence-corrected chi connectivity index (χ3v) is 5.72. The van der Waals surface area contributed by atoms with Gasteiger partial charge in [-0.1, -0.05) is 13.3 Å².